The van der Waals surface area contributed by atoms with Crippen molar-refractivity contribution in [1.82, 2.24) is 4.90 Å². The summed E-state index contributed by atoms with van der Waals surface area (Å²) in [5, 5.41) is 0. The third-order valence-corrected chi connectivity index (χ3v) is 4.92. The van der Waals surface area contributed by atoms with Crippen LogP contribution in [-0.4, -0.2) is 35.4 Å². The van der Waals surface area contributed by atoms with E-state index in [9.17, 15) is 9.59 Å². The first-order valence-corrected chi connectivity index (χ1v) is 9.35. The molecule has 1 aliphatic heterocycles. The van der Waals surface area contributed by atoms with Crippen LogP contribution in [0, 0.1) is 5.92 Å². The Labute approximate surface area is 160 Å². The summed E-state index contributed by atoms with van der Waals surface area (Å²) >= 11 is 0. The van der Waals surface area contributed by atoms with E-state index >= 15 is 0 Å². The van der Waals surface area contributed by atoms with Crippen LogP contribution in [0.1, 0.15) is 24.5 Å². The number of rotatable bonds is 6. The summed E-state index contributed by atoms with van der Waals surface area (Å²) in [6, 6.07) is 18.5. The molecule has 1 saturated heterocycles. The topological polar surface area (TPSA) is 72.6 Å². The Morgan fingerprint density at radius 2 is 1.67 bits per heavy atom. The van der Waals surface area contributed by atoms with Crippen molar-refractivity contribution < 1.29 is 14.3 Å². The molecule has 5 nitrogen and oxygen atoms in total. The van der Waals surface area contributed by atoms with Gasteiger partial charge in [0.1, 0.15) is 12.6 Å². The summed E-state index contributed by atoms with van der Waals surface area (Å²) < 4.78 is 5.50. The summed E-state index contributed by atoms with van der Waals surface area (Å²) in [4.78, 5) is 26.8. The Balaban J connectivity index is 1.67. The van der Waals surface area contributed by atoms with Gasteiger partial charge in [-0.25, -0.2) is 4.79 Å². The first kappa shape index (κ1) is 19.1. The van der Waals surface area contributed by atoms with Crippen LogP contribution in [0.25, 0.3) is 0 Å². The molecule has 2 aromatic rings. The molecule has 0 aromatic heterocycles. The predicted octanol–water partition coefficient (Wildman–Crippen LogP) is 2.54. The average Bonchev–Trinajstić information content (AvgIpc) is 3.10. The van der Waals surface area contributed by atoms with Crippen molar-refractivity contribution >= 4 is 11.9 Å². The summed E-state index contributed by atoms with van der Waals surface area (Å²) in [5.74, 6) is -0.347. The molecule has 0 saturated carbocycles. The SMILES string of the molecule is C[C@H](N)C(=O)N1C[C@@H](Cc2ccccc2)C[C@H]1C(=O)OCc1ccccc1. The van der Waals surface area contributed by atoms with E-state index in [-0.39, 0.29) is 24.4 Å². The molecular formula is C22H26N2O3. The Morgan fingerprint density at radius 3 is 2.26 bits per heavy atom. The number of hydrogen-bond acceptors (Lipinski definition) is 4. The normalized spacial score (nSPS) is 20.3. The zero-order chi connectivity index (χ0) is 19.2. The van der Waals surface area contributed by atoms with Gasteiger partial charge in [-0.05, 0) is 36.8 Å². The maximum Gasteiger partial charge on any atom is 0.329 e. The minimum Gasteiger partial charge on any atom is -0.459 e. The molecule has 2 N–H and O–H groups in total. The second-order valence-electron chi connectivity index (χ2n) is 7.18. The van der Waals surface area contributed by atoms with Gasteiger partial charge < -0.3 is 15.4 Å². The number of ether oxygens (including phenoxy) is 1. The molecule has 0 radical (unpaired) electrons. The second-order valence-corrected chi connectivity index (χ2v) is 7.18. The molecular weight excluding hydrogens is 340 g/mol. The standard InChI is InChI=1S/C22H26N2O3/c1-16(23)21(25)24-14-19(12-17-8-4-2-5-9-17)13-20(24)22(26)27-15-18-10-6-3-7-11-18/h2-11,16,19-20H,12-15,23H2,1H3/t16-,19-,20-/m0/s1. The summed E-state index contributed by atoms with van der Waals surface area (Å²) in [7, 11) is 0. The highest BCUT2D eigenvalue weighted by Gasteiger charge is 2.41. The molecule has 3 atom stereocenters. The smallest absolute Gasteiger partial charge is 0.329 e. The molecule has 142 valence electrons. The quantitative estimate of drug-likeness (QED) is 0.798. The van der Waals surface area contributed by atoms with Crippen LogP contribution in [0.3, 0.4) is 0 Å². The molecule has 0 unspecified atom stereocenters. The Kier molecular flexibility index (Phi) is 6.24. The average molecular weight is 366 g/mol. The monoisotopic (exact) mass is 366 g/mol. The third kappa shape index (κ3) is 4.95. The van der Waals surface area contributed by atoms with Crippen molar-refractivity contribution in [1.29, 1.82) is 0 Å². The number of amides is 1. The summed E-state index contributed by atoms with van der Waals surface area (Å²) in [6.07, 6.45) is 1.42. The number of carbonyl (C=O) groups is 2. The van der Waals surface area contributed by atoms with Gasteiger partial charge in [0.25, 0.3) is 0 Å². The minimum absolute atomic E-state index is 0.202. The molecule has 1 fully saturated rings. The van der Waals surface area contributed by atoms with Gasteiger partial charge in [-0.15, -0.1) is 0 Å². The maximum atomic E-state index is 12.7. The van der Waals surface area contributed by atoms with Gasteiger partial charge in [0.05, 0.1) is 6.04 Å². The number of benzene rings is 2. The van der Waals surface area contributed by atoms with E-state index in [4.69, 9.17) is 10.5 Å². The lowest BCUT2D eigenvalue weighted by atomic mass is 9.97. The molecule has 0 spiro atoms. The van der Waals surface area contributed by atoms with Crippen molar-refractivity contribution in [2.24, 2.45) is 11.7 Å². The molecule has 5 heteroatoms. The maximum absolute atomic E-state index is 12.7. The van der Waals surface area contributed by atoms with E-state index in [1.54, 1.807) is 11.8 Å². The van der Waals surface area contributed by atoms with Gasteiger partial charge in [0, 0.05) is 6.54 Å². The zero-order valence-electron chi connectivity index (χ0n) is 15.6. The fourth-order valence-electron chi connectivity index (χ4n) is 3.57. The van der Waals surface area contributed by atoms with Crippen molar-refractivity contribution in [3.8, 4) is 0 Å². The molecule has 3 rings (SSSR count). The molecule has 2 aromatic carbocycles. The van der Waals surface area contributed by atoms with Gasteiger partial charge in [-0.2, -0.15) is 0 Å². The van der Waals surface area contributed by atoms with Crippen molar-refractivity contribution in [3.63, 3.8) is 0 Å². The minimum atomic E-state index is -0.634. The van der Waals surface area contributed by atoms with Gasteiger partial charge in [-0.3, -0.25) is 4.79 Å². The lowest BCUT2D eigenvalue weighted by molar-refractivity contribution is -0.154. The van der Waals surface area contributed by atoms with Crippen LogP contribution in [0.5, 0.6) is 0 Å². The van der Waals surface area contributed by atoms with Gasteiger partial charge in [0.15, 0.2) is 0 Å². The van der Waals surface area contributed by atoms with Crippen LogP contribution in [0.15, 0.2) is 60.7 Å². The zero-order valence-corrected chi connectivity index (χ0v) is 15.6. The van der Waals surface area contributed by atoms with Crippen LogP contribution in [0.2, 0.25) is 0 Å². The first-order valence-electron chi connectivity index (χ1n) is 9.35. The molecule has 27 heavy (non-hydrogen) atoms. The number of carbonyl (C=O) groups excluding carboxylic acids is 2. The Morgan fingerprint density at radius 1 is 1.07 bits per heavy atom. The van der Waals surface area contributed by atoms with E-state index in [1.807, 2.05) is 48.5 Å². The van der Waals surface area contributed by atoms with E-state index in [2.05, 4.69) is 12.1 Å². The van der Waals surface area contributed by atoms with Gasteiger partial charge in [0.2, 0.25) is 5.91 Å². The molecule has 1 aliphatic rings. The molecule has 1 amide bonds. The van der Waals surface area contributed by atoms with E-state index in [1.165, 1.54) is 5.56 Å². The number of hydrogen-bond donors (Lipinski definition) is 1. The van der Waals surface area contributed by atoms with Crippen molar-refractivity contribution in [2.45, 2.75) is 38.5 Å². The number of likely N-dealkylation sites (tertiary alicyclic amines) is 1. The highest BCUT2D eigenvalue weighted by molar-refractivity contribution is 5.88. The largest absolute Gasteiger partial charge is 0.459 e. The highest BCUT2D eigenvalue weighted by Crippen LogP contribution is 2.28. The summed E-state index contributed by atoms with van der Waals surface area (Å²) in [6.45, 7) is 2.39. The van der Waals surface area contributed by atoms with Crippen LogP contribution in [-0.2, 0) is 27.4 Å². The highest BCUT2D eigenvalue weighted by atomic mass is 16.5. The Hall–Kier alpha value is -2.66. The molecule has 0 aliphatic carbocycles. The fourth-order valence-corrected chi connectivity index (χ4v) is 3.57. The van der Waals surface area contributed by atoms with Gasteiger partial charge >= 0.3 is 5.97 Å². The van der Waals surface area contributed by atoms with E-state index in [0.29, 0.717) is 13.0 Å². The van der Waals surface area contributed by atoms with Crippen molar-refractivity contribution in [2.75, 3.05) is 6.54 Å². The second kappa shape index (κ2) is 8.82. The number of nitrogens with zero attached hydrogens (tertiary/aromatic N) is 1. The number of nitrogens with two attached hydrogens (primary N) is 1. The van der Waals surface area contributed by atoms with E-state index in [0.717, 1.165) is 12.0 Å². The van der Waals surface area contributed by atoms with Crippen LogP contribution < -0.4 is 5.73 Å². The van der Waals surface area contributed by atoms with Crippen molar-refractivity contribution in [3.05, 3.63) is 71.8 Å². The lowest BCUT2D eigenvalue weighted by Crippen LogP contribution is -2.47. The summed E-state index contributed by atoms with van der Waals surface area (Å²) in [5.41, 5.74) is 7.93. The molecule has 1 heterocycles. The fraction of sp³-hybridized carbons (Fsp3) is 0.364. The molecule has 0 bridgehead atoms. The lowest BCUT2D eigenvalue weighted by Gasteiger charge is -2.25. The first-order chi connectivity index (χ1) is 13.0. The number of esters is 1. The van der Waals surface area contributed by atoms with Crippen LogP contribution >= 0.6 is 0 Å². The predicted molar refractivity (Wildman–Crippen MR) is 104 cm³/mol. The Bertz CT molecular complexity index is 762. The van der Waals surface area contributed by atoms with E-state index < -0.39 is 12.1 Å². The third-order valence-electron chi connectivity index (χ3n) is 4.92. The van der Waals surface area contributed by atoms with Crippen LogP contribution in [0.4, 0.5) is 0 Å². The van der Waals surface area contributed by atoms with Gasteiger partial charge in [-0.1, -0.05) is 60.7 Å².